The maximum absolute atomic E-state index is 12.6. The number of amides is 1. The third-order valence-electron chi connectivity index (χ3n) is 4.86. The molecule has 3 aromatic rings. The van der Waals surface area contributed by atoms with Crippen molar-refractivity contribution >= 4 is 54.2 Å². The number of halogens is 1. The molecule has 1 N–H and O–H groups in total. The van der Waals surface area contributed by atoms with Gasteiger partial charge in [-0.1, -0.05) is 35.1 Å². The molecule has 2 heterocycles. The van der Waals surface area contributed by atoms with Gasteiger partial charge in [0.05, 0.1) is 15.1 Å². The van der Waals surface area contributed by atoms with Crippen molar-refractivity contribution in [2.75, 3.05) is 18.4 Å². The van der Waals surface area contributed by atoms with Gasteiger partial charge in [0.15, 0.2) is 5.13 Å². The first-order chi connectivity index (χ1) is 13.9. The van der Waals surface area contributed by atoms with Crippen molar-refractivity contribution < 1.29 is 13.2 Å². The Hall–Kier alpha value is -2.00. The monoisotopic (exact) mass is 449 g/mol. The van der Waals surface area contributed by atoms with Gasteiger partial charge in [-0.25, -0.2) is 13.4 Å². The predicted octanol–water partition coefficient (Wildman–Crippen LogP) is 4.31. The molecule has 1 amide bonds. The van der Waals surface area contributed by atoms with Gasteiger partial charge in [-0.05, 0) is 55.2 Å². The number of benzene rings is 2. The third-order valence-corrected chi connectivity index (χ3v) is 7.95. The molecule has 0 atom stereocenters. The summed E-state index contributed by atoms with van der Waals surface area (Å²) in [6, 6.07) is 12.2. The number of aryl methyl sites for hydroxylation is 1. The summed E-state index contributed by atoms with van der Waals surface area (Å²) in [7, 11) is -3.41. The Morgan fingerprint density at radius 3 is 2.59 bits per heavy atom. The highest BCUT2D eigenvalue weighted by molar-refractivity contribution is 7.89. The van der Waals surface area contributed by atoms with E-state index in [1.54, 1.807) is 30.3 Å². The molecule has 0 aliphatic carbocycles. The van der Waals surface area contributed by atoms with Crippen molar-refractivity contribution in [1.82, 2.24) is 9.29 Å². The highest BCUT2D eigenvalue weighted by Gasteiger charge is 2.26. The standard InChI is InChI=1S/C20H20ClN3O3S2/c21-15-6-9-17-18(13-15)28-20(22-17)23-19(25)10-5-14-3-7-16(8-4-14)29(26,27)24-11-1-2-12-24/h3-4,6-9,13H,1-2,5,10-12H2,(H,22,23,25). The molecule has 4 rings (SSSR count). The number of hydrogen-bond donors (Lipinski definition) is 1. The van der Waals surface area contributed by atoms with E-state index in [9.17, 15) is 13.2 Å². The zero-order valence-corrected chi connectivity index (χ0v) is 18.0. The maximum atomic E-state index is 12.6. The SMILES string of the molecule is O=C(CCc1ccc(S(=O)(=O)N2CCCC2)cc1)Nc1nc2ccc(Cl)cc2s1. The highest BCUT2D eigenvalue weighted by atomic mass is 35.5. The van der Waals surface area contributed by atoms with E-state index in [2.05, 4.69) is 10.3 Å². The minimum absolute atomic E-state index is 0.135. The summed E-state index contributed by atoms with van der Waals surface area (Å²) in [5, 5.41) is 3.99. The first-order valence-corrected chi connectivity index (χ1v) is 12.0. The second kappa shape index (κ2) is 8.39. The Balaban J connectivity index is 1.35. The lowest BCUT2D eigenvalue weighted by Gasteiger charge is -2.15. The zero-order chi connectivity index (χ0) is 20.4. The fourth-order valence-electron chi connectivity index (χ4n) is 3.30. The summed E-state index contributed by atoms with van der Waals surface area (Å²) in [5.74, 6) is -0.135. The van der Waals surface area contributed by atoms with Gasteiger partial charge in [-0.2, -0.15) is 4.31 Å². The lowest BCUT2D eigenvalue weighted by Crippen LogP contribution is -2.27. The summed E-state index contributed by atoms with van der Waals surface area (Å²) in [4.78, 5) is 16.9. The molecule has 0 unspecified atom stereocenters. The Morgan fingerprint density at radius 1 is 1.14 bits per heavy atom. The Labute approximate surface area is 178 Å². The average Bonchev–Trinajstić information content (AvgIpc) is 3.36. The Kier molecular flexibility index (Phi) is 5.87. The van der Waals surface area contributed by atoms with Crippen molar-refractivity contribution in [3.63, 3.8) is 0 Å². The second-order valence-corrected chi connectivity index (χ2v) is 10.3. The second-order valence-electron chi connectivity index (χ2n) is 6.93. The predicted molar refractivity (Wildman–Crippen MR) is 116 cm³/mol. The summed E-state index contributed by atoms with van der Waals surface area (Å²) in [6.45, 7) is 1.17. The van der Waals surface area contributed by atoms with Crippen LogP contribution in [0.3, 0.4) is 0 Å². The molecule has 1 aliphatic rings. The third kappa shape index (κ3) is 4.61. The first-order valence-electron chi connectivity index (χ1n) is 9.37. The van der Waals surface area contributed by atoms with E-state index in [4.69, 9.17) is 11.6 Å². The van der Waals surface area contributed by atoms with Gasteiger partial charge in [-0.15, -0.1) is 0 Å². The van der Waals surface area contributed by atoms with Gasteiger partial charge in [-0.3, -0.25) is 4.79 Å². The van der Waals surface area contributed by atoms with E-state index in [-0.39, 0.29) is 12.3 Å². The number of fused-ring (bicyclic) bond motifs is 1. The van der Waals surface area contributed by atoms with E-state index in [1.165, 1.54) is 15.6 Å². The number of carbonyl (C=O) groups excluding carboxylic acids is 1. The van der Waals surface area contributed by atoms with E-state index in [1.807, 2.05) is 12.1 Å². The summed E-state index contributed by atoms with van der Waals surface area (Å²) in [5.41, 5.74) is 1.71. The first kappa shape index (κ1) is 20.3. The van der Waals surface area contributed by atoms with Crippen molar-refractivity contribution in [1.29, 1.82) is 0 Å². The molecular weight excluding hydrogens is 430 g/mol. The van der Waals surface area contributed by atoms with Crippen LogP contribution >= 0.6 is 22.9 Å². The van der Waals surface area contributed by atoms with Gasteiger partial charge in [0.25, 0.3) is 0 Å². The number of aromatic nitrogens is 1. The average molecular weight is 450 g/mol. The molecular formula is C20H20ClN3O3S2. The fourth-order valence-corrected chi connectivity index (χ4v) is 5.97. The van der Waals surface area contributed by atoms with Crippen molar-refractivity contribution in [2.45, 2.75) is 30.6 Å². The molecule has 0 spiro atoms. The van der Waals surface area contributed by atoms with Gasteiger partial charge >= 0.3 is 0 Å². The molecule has 0 radical (unpaired) electrons. The topological polar surface area (TPSA) is 79.4 Å². The lowest BCUT2D eigenvalue weighted by molar-refractivity contribution is -0.116. The molecule has 29 heavy (non-hydrogen) atoms. The van der Waals surface area contributed by atoms with Crippen LogP contribution in [0, 0.1) is 0 Å². The molecule has 6 nitrogen and oxygen atoms in total. The normalized spacial score (nSPS) is 15.1. The molecule has 0 saturated carbocycles. The number of thiazole rings is 1. The minimum Gasteiger partial charge on any atom is -0.302 e. The molecule has 1 aromatic heterocycles. The van der Waals surface area contributed by atoms with Crippen LogP contribution in [0.25, 0.3) is 10.2 Å². The minimum atomic E-state index is -3.41. The molecule has 1 aliphatic heterocycles. The molecule has 9 heteroatoms. The molecule has 1 saturated heterocycles. The quantitative estimate of drug-likeness (QED) is 0.608. The molecule has 1 fully saturated rings. The number of rotatable bonds is 6. The molecule has 0 bridgehead atoms. The van der Waals surface area contributed by atoms with Crippen LogP contribution in [0.15, 0.2) is 47.4 Å². The van der Waals surface area contributed by atoms with Crippen LogP contribution in [0.5, 0.6) is 0 Å². The van der Waals surface area contributed by atoms with Gasteiger partial charge in [0, 0.05) is 24.5 Å². The Morgan fingerprint density at radius 2 is 1.86 bits per heavy atom. The number of nitrogens with zero attached hydrogens (tertiary/aromatic N) is 2. The van der Waals surface area contributed by atoms with Crippen molar-refractivity contribution in [3.05, 3.63) is 53.1 Å². The highest BCUT2D eigenvalue weighted by Crippen LogP contribution is 2.28. The maximum Gasteiger partial charge on any atom is 0.243 e. The molecule has 2 aromatic carbocycles. The van der Waals surface area contributed by atoms with Crippen molar-refractivity contribution in [2.24, 2.45) is 0 Å². The zero-order valence-electron chi connectivity index (χ0n) is 15.6. The van der Waals surface area contributed by atoms with E-state index < -0.39 is 10.0 Å². The van der Waals surface area contributed by atoms with Gasteiger partial charge < -0.3 is 5.32 Å². The smallest absolute Gasteiger partial charge is 0.243 e. The van der Waals surface area contributed by atoms with Crippen LogP contribution < -0.4 is 5.32 Å². The van der Waals surface area contributed by atoms with E-state index in [0.717, 1.165) is 28.6 Å². The number of sulfonamides is 1. The van der Waals surface area contributed by atoms with Crippen LogP contribution in [0.1, 0.15) is 24.8 Å². The van der Waals surface area contributed by atoms with Gasteiger partial charge in [0.2, 0.25) is 15.9 Å². The van der Waals surface area contributed by atoms with Crippen LogP contribution in [-0.2, 0) is 21.2 Å². The number of hydrogen-bond acceptors (Lipinski definition) is 5. The summed E-state index contributed by atoms with van der Waals surface area (Å²) >= 11 is 7.36. The van der Waals surface area contributed by atoms with Crippen LogP contribution in [0.4, 0.5) is 5.13 Å². The van der Waals surface area contributed by atoms with E-state index in [0.29, 0.717) is 34.6 Å². The summed E-state index contributed by atoms with van der Waals surface area (Å²) in [6.07, 6.45) is 2.63. The Bertz CT molecular complexity index is 1140. The number of anilines is 1. The van der Waals surface area contributed by atoms with Crippen molar-refractivity contribution in [3.8, 4) is 0 Å². The fraction of sp³-hybridized carbons (Fsp3) is 0.300. The van der Waals surface area contributed by atoms with Gasteiger partial charge in [0.1, 0.15) is 0 Å². The number of nitrogens with one attached hydrogen (secondary N) is 1. The summed E-state index contributed by atoms with van der Waals surface area (Å²) < 4.78 is 27.6. The van der Waals surface area contributed by atoms with Crippen LogP contribution in [0.2, 0.25) is 5.02 Å². The van der Waals surface area contributed by atoms with E-state index >= 15 is 0 Å². The number of carbonyl (C=O) groups is 1. The lowest BCUT2D eigenvalue weighted by atomic mass is 10.1. The molecule has 152 valence electrons. The van der Waals surface area contributed by atoms with Crippen LogP contribution in [-0.4, -0.2) is 36.7 Å². The largest absolute Gasteiger partial charge is 0.302 e.